The fraction of sp³-hybridized carbons (Fsp3) is 0.389. The average molecular weight is 338 g/mol. The van der Waals surface area contributed by atoms with Crippen LogP contribution in [0.5, 0.6) is 0 Å². The van der Waals surface area contributed by atoms with Crippen LogP contribution in [0.15, 0.2) is 30.6 Å². The molecule has 1 aliphatic carbocycles. The van der Waals surface area contributed by atoms with Crippen molar-refractivity contribution in [3.05, 3.63) is 42.0 Å². The molecule has 1 unspecified atom stereocenters. The van der Waals surface area contributed by atoms with E-state index in [1.807, 2.05) is 31.4 Å². The number of likely N-dealkylation sites (N-methyl/N-ethyl adjacent to an activating group) is 1. The van der Waals surface area contributed by atoms with E-state index in [0.717, 1.165) is 28.1 Å². The van der Waals surface area contributed by atoms with Crippen molar-refractivity contribution >= 4 is 22.6 Å². The van der Waals surface area contributed by atoms with Gasteiger partial charge in [0.1, 0.15) is 11.9 Å². The van der Waals surface area contributed by atoms with Crippen LogP contribution in [-0.4, -0.2) is 32.7 Å². The van der Waals surface area contributed by atoms with Crippen LogP contribution >= 0.6 is 0 Å². The van der Waals surface area contributed by atoms with Gasteiger partial charge in [-0.2, -0.15) is 5.10 Å². The summed E-state index contributed by atoms with van der Waals surface area (Å²) < 4.78 is 1.69. The molecule has 1 fully saturated rings. The van der Waals surface area contributed by atoms with E-state index in [0.29, 0.717) is 5.92 Å². The van der Waals surface area contributed by atoms with Gasteiger partial charge in [0.25, 0.3) is 0 Å². The summed E-state index contributed by atoms with van der Waals surface area (Å²) in [6.07, 6.45) is 7.23. The molecule has 130 valence electrons. The predicted molar refractivity (Wildman–Crippen MR) is 96.3 cm³/mol. The number of fused-ring (bicyclic) bond motifs is 1. The van der Waals surface area contributed by atoms with Gasteiger partial charge in [-0.3, -0.25) is 9.48 Å². The van der Waals surface area contributed by atoms with Gasteiger partial charge in [-0.25, -0.2) is 4.98 Å². The second-order valence-electron chi connectivity index (χ2n) is 6.64. The maximum atomic E-state index is 12.6. The minimum absolute atomic E-state index is 0.117. The molecule has 25 heavy (non-hydrogen) atoms. The lowest BCUT2D eigenvalue weighted by Crippen LogP contribution is -2.30. The largest absolute Gasteiger partial charge is 0.342 e. The monoisotopic (exact) mass is 338 g/mol. The molecule has 1 saturated carbocycles. The number of imidazole rings is 1. The van der Waals surface area contributed by atoms with Gasteiger partial charge in [-0.1, -0.05) is 6.42 Å². The van der Waals surface area contributed by atoms with Crippen molar-refractivity contribution in [3.8, 4) is 0 Å². The summed E-state index contributed by atoms with van der Waals surface area (Å²) in [5.41, 5.74) is 3.49. The van der Waals surface area contributed by atoms with Crippen LogP contribution in [0.25, 0.3) is 11.0 Å². The first-order chi connectivity index (χ1) is 12.1. The summed E-state index contributed by atoms with van der Waals surface area (Å²) in [6, 6.07) is 5.33. The highest BCUT2D eigenvalue weighted by atomic mass is 16.2. The Balaban J connectivity index is 1.53. The molecule has 0 spiro atoms. The molecule has 7 heteroatoms. The van der Waals surface area contributed by atoms with Crippen LogP contribution in [0.3, 0.4) is 0 Å². The van der Waals surface area contributed by atoms with Crippen LogP contribution < -0.4 is 10.6 Å². The quantitative estimate of drug-likeness (QED) is 0.667. The van der Waals surface area contributed by atoms with Gasteiger partial charge >= 0.3 is 0 Å². The molecular formula is C18H22N6O. The van der Waals surface area contributed by atoms with Crippen LogP contribution in [0.1, 0.15) is 42.6 Å². The maximum Gasteiger partial charge on any atom is 0.246 e. The second kappa shape index (κ2) is 6.33. The number of carbonyl (C=O) groups is 1. The summed E-state index contributed by atoms with van der Waals surface area (Å²) in [6.45, 7) is 0. The fourth-order valence-electron chi connectivity index (χ4n) is 3.23. The number of rotatable bonds is 5. The van der Waals surface area contributed by atoms with Crippen molar-refractivity contribution in [2.75, 3.05) is 12.4 Å². The van der Waals surface area contributed by atoms with Crippen LogP contribution in [-0.2, 0) is 11.8 Å². The summed E-state index contributed by atoms with van der Waals surface area (Å²) >= 11 is 0. The maximum absolute atomic E-state index is 12.6. The minimum Gasteiger partial charge on any atom is -0.342 e. The van der Waals surface area contributed by atoms with Gasteiger partial charge in [0.15, 0.2) is 0 Å². The van der Waals surface area contributed by atoms with E-state index in [2.05, 4.69) is 25.7 Å². The molecule has 1 amide bonds. The van der Waals surface area contributed by atoms with Crippen molar-refractivity contribution in [2.45, 2.75) is 31.2 Å². The number of benzene rings is 1. The molecule has 0 aliphatic heterocycles. The highest BCUT2D eigenvalue weighted by Crippen LogP contribution is 2.35. The molecule has 2 aromatic heterocycles. The molecule has 0 radical (unpaired) electrons. The van der Waals surface area contributed by atoms with Crippen molar-refractivity contribution in [2.24, 2.45) is 7.05 Å². The molecule has 3 aromatic rings. The Kier molecular flexibility index (Phi) is 4.01. The van der Waals surface area contributed by atoms with Gasteiger partial charge < -0.3 is 15.6 Å². The van der Waals surface area contributed by atoms with Gasteiger partial charge in [0, 0.05) is 30.4 Å². The third-order valence-corrected chi connectivity index (χ3v) is 4.87. The van der Waals surface area contributed by atoms with E-state index in [4.69, 9.17) is 0 Å². The topological polar surface area (TPSA) is 87.6 Å². The number of nitrogens with one attached hydrogen (secondary N) is 3. The zero-order valence-electron chi connectivity index (χ0n) is 14.4. The van der Waals surface area contributed by atoms with Gasteiger partial charge in [-0.15, -0.1) is 0 Å². The van der Waals surface area contributed by atoms with E-state index in [-0.39, 0.29) is 5.91 Å². The Morgan fingerprint density at radius 3 is 2.88 bits per heavy atom. The Morgan fingerprint density at radius 2 is 2.24 bits per heavy atom. The van der Waals surface area contributed by atoms with E-state index in [9.17, 15) is 4.79 Å². The van der Waals surface area contributed by atoms with Gasteiger partial charge in [-0.05, 0) is 38.1 Å². The zero-order chi connectivity index (χ0) is 17.4. The first-order valence-corrected chi connectivity index (χ1v) is 8.60. The summed E-state index contributed by atoms with van der Waals surface area (Å²) in [5.74, 6) is 1.51. The lowest BCUT2D eigenvalue weighted by molar-refractivity contribution is -0.118. The lowest BCUT2D eigenvalue weighted by atomic mass is 9.85. The zero-order valence-corrected chi connectivity index (χ0v) is 14.4. The number of aryl methyl sites for hydroxylation is 1. The first kappa shape index (κ1) is 15.8. The van der Waals surface area contributed by atoms with Crippen LogP contribution in [0, 0.1) is 0 Å². The normalized spacial score (nSPS) is 15.9. The number of amides is 1. The second-order valence-corrected chi connectivity index (χ2v) is 6.64. The average Bonchev–Trinajstić information content (AvgIpc) is 3.12. The highest BCUT2D eigenvalue weighted by Gasteiger charge is 2.23. The number of aromatic nitrogens is 4. The van der Waals surface area contributed by atoms with Gasteiger partial charge in [0.2, 0.25) is 5.91 Å². The Morgan fingerprint density at radius 1 is 1.40 bits per heavy atom. The third-order valence-electron chi connectivity index (χ3n) is 4.87. The Bertz CT molecular complexity index is 907. The van der Waals surface area contributed by atoms with E-state index in [1.165, 1.54) is 19.3 Å². The standard InChI is InChI=1S/C18H22N6O/c1-19-16(12-9-20-24(2)10-12)18(25)21-13-6-7-14-15(8-13)23-17(22-14)11-4-3-5-11/h6-11,16,19H,3-5H2,1-2H3,(H,21,25)(H,22,23). The number of hydrogen-bond donors (Lipinski definition) is 3. The summed E-state index contributed by atoms with van der Waals surface area (Å²) in [4.78, 5) is 20.7. The molecule has 1 atom stereocenters. The third kappa shape index (κ3) is 3.02. The number of nitrogens with zero attached hydrogens (tertiary/aromatic N) is 3. The molecule has 0 bridgehead atoms. The molecule has 2 heterocycles. The van der Waals surface area contributed by atoms with Crippen molar-refractivity contribution in [3.63, 3.8) is 0 Å². The molecule has 1 aromatic carbocycles. The summed E-state index contributed by atoms with van der Waals surface area (Å²) in [5, 5.41) is 10.1. The summed E-state index contributed by atoms with van der Waals surface area (Å²) in [7, 11) is 3.60. The van der Waals surface area contributed by atoms with Crippen LogP contribution in [0.4, 0.5) is 5.69 Å². The molecule has 7 nitrogen and oxygen atoms in total. The Labute approximate surface area is 145 Å². The van der Waals surface area contributed by atoms with Crippen molar-refractivity contribution < 1.29 is 4.79 Å². The number of aromatic amines is 1. The van der Waals surface area contributed by atoms with Crippen LogP contribution in [0.2, 0.25) is 0 Å². The number of anilines is 1. The van der Waals surface area contributed by atoms with E-state index < -0.39 is 6.04 Å². The molecule has 0 saturated heterocycles. The van der Waals surface area contributed by atoms with E-state index in [1.54, 1.807) is 17.9 Å². The predicted octanol–water partition coefficient (Wildman–Crippen LogP) is 2.46. The molecule has 3 N–H and O–H groups in total. The van der Waals surface area contributed by atoms with Crippen molar-refractivity contribution in [1.82, 2.24) is 25.1 Å². The number of hydrogen-bond acceptors (Lipinski definition) is 4. The SMILES string of the molecule is CNC(C(=O)Nc1ccc2nc(C3CCC3)[nH]c2c1)c1cnn(C)c1. The molecule has 1 aliphatic rings. The lowest BCUT2D eigenvalue weighted by Gasteiger charge is -2.22. The first-order valence-electron chi connectivity index (χ1n) is 8.60. The minimum atomic E-state index is -0.447. The smallest absolute Gasteiger partial charge is 0.246 e. The molecular weight excluding hydrogens is 316 g/mol. The number of carbonyl (C=O) groups excluding carboxylic acids is 1. The Hall–Kier alpha value is -2.67. The highest BCUT2D eigenvalue weighted by molar-refractivity contribution is 5.97. The molecule has 4 rings (SSSR count). The van der Waals surface area contributed by atoms with E-state index >= 15 is 0 Å². The van der Waals surface area contributed by atoms with Crippen molar-refractivity contribution in [1.29, 1.82) is 0 Å². The van der Waals surface area contributed by atoms with Gasteiger partial charge in [0.05, 0.1) is 17.2 Å². The number of H-pyrrole nitrogens is 1. The fourth-order valence-corrected chi connectivity index (χ4v) is 3.23.